The number of anilines is 1. The molecular weight excluding hydrogens is 401 g/mol. The fourth-order valence-electron chi connectivity index (χ4n) is 3.36. The van der Waals surface area contributed by atoms with Crippen LogP contribution in [0.4, 0.5) is 5.95 Å². The van der Waals surface area contributed by atoms with Gasteiger partial charge in [-0.2, -0.15) is 9.97 Å². The van der Waals surface area contributed by atoms with E-state index in [1.54, 1.807) is 6.33 Å². The highest BCUT2D eigenvalue weighted by Gasteiger charge is 2.55. The Bertz CT molecular complexity index is 808. The number of hydrogen-bond donors (Lipinski definition) is 1. The number of fused-ring (bicyclic) bond motifs is 1. The first-order valence-electron chi connectivity index (χ1n) is 9.63. The zero-order valence-electron chi connectivity index (χ0n) is 17.1. The normalized spacial score (nSPS) is 22.1. The molecule has 2 heterocycles. The monoisotopic (exact) mass is 429 g/mol. The Morgan fingerprint density at radius 2 is 1.96 bits per heavy atom. The summed E-state index contributed by atoms with van der Waals surface area (Å²) >= 11 is 6.15. The van der Waals surface area contributed by atoms with Crippen LogP contribution in [0.25, 0.3) is 11.2 Å². The van der Waals surface area contributed by atoms with E-state index in [0.29, 0.717) is 30.0 Å². The predicted octanol–water partition coefficient (Wildman–Crippen LogP) is 4.37. The molecule has 2 atom stereocenters. The number of nitrogens with zero attached hydrogens (tertiary/aromatic N) is 4. The SMILES string of the molecule is CCC1CC1(Cn1cnc2c(Cl)nc(N)nc21)OCP(OC(C)C)OC(C)C. The molecule has 1 aliphatic carbocycles. The first-order valence-corrected chi connectivity index (χ1v) is 11.4. The summed E-state index contributed by atoms with van der Waals surface area (Å²) in [6.45, 7) is 10.8. The average Bonchev–Trinajstić information content (AvgIpc) is 3.15. The van der Waals surface area contributed by atoms with E-state index in [4.69, 9.17) is 31.1 Å². The summed E-state index contributed by atoms with van der Waals surface area (Å²) in [6.07, 6.45) is 4.35. The molecule has 0 spiro atoms. The Morgan fingerprint density at radius 1 is 1.29 bits per heavy atom. The van der Waals surface area contributed by atoms with Gasteiger partial charge in [-0.15, -0.1) is 0 Å². The number of rotatable bonds is 10. The maximum atomic E-state index is 6.41. The molecule has 0 radical (unpaired) electrons. The van der Waals surface area contributed by atoms with Crippen LogP contribution in [0.1, 0.15) is 47.5 Å². The van der Waals surface area contributed by atoms with E-state index in [1.807, 2.05) is 32.3 Å². The van der Waals surface area contributed by atoms with Gasteiger partial charge in [-0.25, -0.2) is 4.98 Å². The van der Waals surface area contributed by atoms with Crippen molar-refractivity contribution in [2.45, 2.75) is 71.8 Å². The van der Waals surface area contributed by atoms with Gasteiger partial charge in [-0.1, -0.05) is 24.9 Å². The maximum absolute atomic E-state index is 6.41. The molecule has 1 fully saturated rings. The van der Waals surface area contributed by atoms with Crippen LogP contribution in [-0.2, 0) is 20.3 Å². The van der Waals surface area contributed by atoms with Crippen LogP contribution in [0.15, 0.2) is 6.33 Å². The number of imidazole rings is 1. The highest BCUT2D eigenvalue weighted by Crippen LogP contribution is 2.53. The summed E-state index contributed by atoms with van der Waals surface area (Å²) in [5.41, 5.74) is 6.66. The zero-order chi connectivity index (χ0) is 20.5. The maximum Gasteiger partial charge on any atom is 0.223 e. The highest BCUT2D eigenvalue weighted by atomic mass is 35.5. The number of nitrogens with two attached hydrogens (primary N) is 1. The molecule has 2 unspecified atom stereocenters. The van der Waals surface area contributed by atoms with Gasteiger partial charge >= 0.3 is 0 Å². The van der Waals surface area contributed by atoms with Crippen LogP contribution in [-0.4, -0.2) is 43.7 Å². The van der Waals surface area contributed by atoms with E-state index in [9.17, 15) is 0 Å². The van der Waals surface area contributed by atoms with Crippen molar-refractivity contribution in [1.29, 1.82) is 0 Å². The van der Waals surface area contributed by atoms with E-state index in [2.05, 4.69) is 21.9 Å². The fraction of sp³-hybridized carbons (Fsp3) is 0.722. The van der Waals surface area contributed by atoms with E-state index in [-0.39, 0.29) is 28.9 Å². The van der Waals surface area contributed by atoms with Gasteiger partial charge in [-0.05, 0) is 40.0 Å². The zero-order valence-corrected chi connectivity index (χ0v) is 18.7. The van der Waals surface area contributed by atoms with Crippen molar-refractivity contribution >= 4 is 37.1 Å². The Balaban J connectivity index is 1.76. The van der Waals surface area contributed by atoms with Gasteiger partial charge in [0.25, 0.3) is 0 Å². The molecule has 0 bridgehead atoms. The Hall–Kier alpha value is -1.05. The molecule has 0 saturated heterocycles. The van der Waals surface area contributed by atoms with Gasteiger partial charge in [0.05, 0.1) is 30.7 Å². The number of halogens is 1. The third kappa shape index (κ3) is 4.92. The second-order valence-electron chi connectivity index (χ2n) is 7.71. The van der Waals surface area contributed by atoms with Crippen molar-refractivity contribution in [2.75, 3.05) is 12.1 Å². The molecule has 2 aromatic rings. The minimum atomic E-state index is -1.11. The van der Waals surface area contributed by atoms with Crippen molar-refractivity contribution in [3.8, 4) is 0 Å². The van der Waals surface area contributed by atoms with Gasteiger partial charge in [0, 0.05) is 0 Å². The molecular formula is C18H29ClN5O3P. The van der Waals surface area contributed by atoms with Gasteiger partial charge in [0.15, 0.2) is 19.2 Å². The first kappa shape index (κ1) is 21.7. The minimum absolute atomic E-state index is 0.0880. The van der Waals surface area contributed by atoms with Gasteiger partial charge < -0.3 is 24.1 Å². The molecule has 0 amide bonds. The van der Waals surface area contributed by atoms with E-state index >= 15 is 0 Å². The summed E-state index contributed by atoms with van der Waals surface area (Å²) in [5, 5.41) is 0.262. The number of ether oxygens (including phenoxy) is 1. The van der Waals surface area contributed by atoms with Crippen molar-refractivity contribution in [3.63, 3.8) is 0 Å². The van der Waals surface area contributed by atoms with E-state index in [1.165, 1.54) is 0 Å². The smallest absolute Gasteiger partial charge is 0.223 e. The molecule has 156 valence electrons. The molecule has 1 saturated carbocycles. The third-order valence-electron chi connectivity index (χ3n) is 4.66. The summed E-state index contributed by atoms with van der Waals surface area (Å²) in [5.74, 6) is 0.603. The van der Waals surface area contributed by atoms with E-state index in [0.717, 1.165) is 12.8 Å². The van der Waals surface area contributed by atoms with Gasteiger partial charge in [0.1, 0.15) is 11.9 Å². The average molecular weight is 430 g/mol. The number of nitrogen functional groups attached to an aromatic ring is 1. The van der Waals surface area contributed by atoms with Gasteiger partial charge in [0.2, 0.25) is 5.95 Å². The molecule has 0 aliphatic heterocycles. The second kappa shape index (κ2) is 8.76. The van der Waals surface area contributed by atoms with Crippen LogP contribution in [0.2, 0.25) is 5.15 Å². The lowest BCUT2D eigenvalue weighted by Gasteiger charge is -2.25. The Kier molecular flexibility index (Phi) is 6.77. The summed E-state index contributed by atoms with van der Waals surface area (Å²) in [7, 11) is -1.11. The van der Waals surface area contributed by atoms with Crippen molar-refractivity contribution in [2.24, 2.45) is 5.92 Å². The second-order valence-corrected chi connectivity index (χ2v) is 9.41. The van der Waals surface area contributed by atoms with Gasteiger partial charge in [-0.3, -0.25) is 0 Å². The van der Waals surface area contributed by atoms with Crippen molar-refractivity contribution in [3.05, 3.63) is 11.5 Å². The quantitative estimate of drug-likeness (QED) is 0.442. The topological polar surface area (TPSA) is 97.3 Å². The van der Waals surface area contributed by atoms with Crippen LogP contribution < -0.4 is 5.73 Å². The standard InChI is InChI=1S/C18H29ClN5O3P/c1-6-13-7-18(13,25-10-28(26-11(2)3)27-12(4)5)8-24-9-21-14-15(19)22-17(20)23-16(14)24/h9,11-13H,6-8,10H2,1-5H3,(H2,20,22,23). The molecule has 0 aromatic carbocycles. The summed E-state index contributed by atoms with van der Waals surface area (Å²) < 4.78 is 20.2. The largest absolute Gasteiger partial charge is 0.368 e. The summed E-state index contributed by atoms with van der Waals surface area (Å²) in [6, 6.07) is 0. The van der Waals surface area contributed by atoms with Crippen molar-refractivity contribution < 1.29 is 13.8 Å². The lowest BCUT2D eigenvalue weighted by Crippen LogP contribution is -2.25. The summed E-state index contributed by atoms with van der Waals surface area (Å²) in [4.78, 5) is 12.6. The Morgan fingerprint density at radius 3 is 2.54 bits per heavy atom. The van der Waals surface area contributed by atoms with Crippen LogP contribution >= 0.6 is 20.0 Å². The van der Waals surface area contributed by atoms with Crippen LogP contribution in [0.3, 0.4) is 0 Å². The number of hydrogen-bond acceptors (Lipinski definition) is 7. The fourth-order valence-corrected chi connectivity index (χ4v) is 5.05. The highest BCUT2D eigenvalue weighted by molar-refractivity contribution is 7.47. The molecule has 28 heavy (non-hydrogen) atoms. The first-order chi connectivity index (χ1) is 13.2. The predicted molar refractivity (Wildman–Crippen MR) is 111 cm³/mol. The van der Waals surface area contributed by atoms with E-state index < -0.39 is 8.38 Å². The lowest BCUT2D eigenvalue weighted by atomic mass is 10.2. The number of aromatic nitrogens is 4. The molecule has 2 aromatic heterocycles. The van der Waals surface area contributed by atoms with Crippen LogP contribution in [0, 0.1) is 5.92 Å². The third-order valence-corrected chi connectivity index (χ3v) is 6.58. The molecule has 8 nitrogen and oxygen atoms in total. The lowest BCUT2D eigenvalue weighted by molar-refractivity contribution is 0.0244. The van der Waals surface area contributed by atoms with Crippen LogP contribution in [0.5, 0.6) is 0 Å². The minimum Gasteiger partial charge on any atom is -0.368 e. The Labute approximate surface area is 172 Å². The molecule has 1 aliphatic rings. The van der Waals surface area contributed by atoms with Crippen molar-refractivity contribution in [1.82, 2.24) is 19.5 Å². The molecule has 3 rings (SSSR count). The molecule has 2 N–H and O–H groups in total. The molecule has 10 heteroatoms.